The van der Waals surface area contributed by atoms with Gasteiger partial charge in [0.15, 0.2) is 0 Å². The van der Waals surface area contributed by atoms with Crippen molar-refractivity contribution in [3.63, 3.8) is 0 Å². The molecule has 0 saturated carbocycles. The number of aryl methyl sites for hydroxylation is 1. The van der Waals surface area contributed by atoms with Gasteiger partial charge in [-0.05, 0) is 57.9 Å². The lowest BCUT2D eigenvalue weighted by molar-refractivity contribution is 0.523. The van der Waals surface area contributed by atoms with Gasteiger partial charge in [0, 0.05) is 17.8 Å². The van der Waals surface area contributed by atoms with Gasteiger partial charge in [-0.15, -0.1) is 0 Å². The first-order chi connectivity index (χ1) is 9.20. The molecule has 1 saturated heterocycles. The van der Waals surface area contributed by atoms with E-state index in [1.807, 2.05) is 6.92 Å². The highest BCUT2D eigenvalue weighted by Gasteiger charge is 2.16. The van der Waals surface area contributed by atoms with Gasteiger partial charge in [-0.2, -0.15) is 0 Å². The normalized spacial score (nSPS) is 20.8. The van der Waals surface area contributed by atoms with Crippen LogP contribution in [0.4, 0.5) is 5.69 Å². The third kappa shape index (κ3) is 2.89. The topological polar surface area (TPSA) is 52.7 Å². The Hall–Kier alpha value is -1.55. The number of aromatic nitrogens is 2. The van der Waals surface area contributed by atoms with E-state index in [4.69, 9.17) is 0 Å². The number of fused-ring (bicyclic) bond motifs is 1. The molecule has 4 heteroatoms. The summed E-state index contributed by atoms with van der Waals surface area (Å²) in [5, 5.41) is 7.13. The summed E-state index contributed by atoms with van der Waals surface area (Å²) in [6.45, 7) is 5.42. The van der Waals surface area contributed by atoms with Crippen LogP contribution in [0.5, 0.6) is 0 Å². The summed E-state index contributed by atoms with van der Waals surface area (Å²) in [6.07, 6.45) is 3.81. The molecule has 1 fully saturated rings. The highest BCUT2D eigenvalue weighted by molar-refractivity contribution is 5.79. The number of nitrogens with zero attached hydrogens (tertiary/aromatic N) is 1. The molecule has 4 nitrogen and oxygen atoms in total. The van der Waals surface area contributed by atoms with Crippen molar-refractivity contribution >= 4 is 16.7 Å². The van der Waals surface area contributed by atoms with Crippen LogP contribution in [-0.4, -0.2) is 28.6 Å². The molecule has 1 aromatic heterocycles. The average molecular weight is 258 g/mol. The second-order valence-electron chi connectivity index (χ2n) is 5.63. The number of hydrogen-bond donors (Lipinski definition) is 3. The molecule has 19 heavy (non-hydrogen) atoms. The Kier molecular flexibility index (Phi) is 3.42. The Morgan fingerprint density at radius 2 is 2.37 bits per heavy atom. The number of hydrogen-bond acceptors (Lipinski definition) is 3. The van der Waals surface area contributed by atoms with Crippen LogP contribution in [0.25, 0.3) is 11.0 Å². The van der Waals surface area contributed by atoms with E-state index in [2.05, 4.69) is 45.7 Å². The molecule has 1 aromatic carbocycles. The molecule has 0 radical (unpaired) electrons. The van der Waals surface area contributed by atoms with Gasteiger partial charge in [-0.25, -0.2) is 4.98 Å². The molecule has 2 unspecified atom stereocenters. The Morgan fingerprint density at radius 3 is 3.16 bits per heavy atom. The van der Waals surface area contributed by atoms with Crippen LogP contribution in [-0.2, 0) is 0 Å². The molecule has 0 spiro atoms. The predicted molar refractivity (Wildman–Crippen MR) is 79.6 cm³/mol. The smallest absolute Gasteiger partial charge is 0.104 e. The molecule has 0 bridgehead atoms. The molecule has 3 rings (SSSR count). The van der Waals surface area contributed by atoms with Crippen molar-refractivity contribution in [3.8, 4) is 0 Å². The van der Waals surface area contributed by atoms with Crippen LogP contribution in [0.1, 0.15) is 32.0 Å². The molecule has 1 aliphatic heterocycles. The zero-order chi connectivity index (χ0) is 13.2. The second kappa shape index (κ2) is 5.21. The van der Waals surface area contributed by atoms with E-state index >= 15 is 0 Å². The van der Waals surface area contributed by atoms with Gasteiger partial charge >= 0.3 is 0 Å². The van der Waals surface area contributed by atoms with Crippen molar-refractivity contribution in [1.82, 2.24) is 15.3 Å². The predicted octanol–water partition coefficient (Wildman–Crippen LogP) is 2.81. The molecule has 2 aromatic rings. The largest absolute Gasteiger partial charge is 0.382 e. The SMILES string of the molecule is Cc1nc2ccc(NC(C)CC3CCCN3)cc2[nH]1. The van der Waals surface area contributed by atoms with E-state index < -0.39 is 0 Å². The van der Waals surface area contributed by atoms with Crippen molar-refractivity contribution in [2.45, 2.75) is 45.2 Å². The van der Waals surface area contributed by atoms with E-state index in [0.717, 1.165) is 16.9 Å². The van der Waals surface area contributed by atoms with Crippen LogP contribution in [0.2, 0.25) is 0 Å². The molecule has 102 valence electrons. The summed E-state index contributed by atoms with van der Waals surface area (Å²) in [4.78, 5) is 7.71. The standard InChI is InChI=1S/C15H22N4/c1-10(8-12-4-3-7-16-12)17-13-5-6-14-15(9-13)19-11(2)18-14/h5-6,9-10,12,16-17H,3-4,7-8H2,1-2H3,(H,18,19). The summed E-state index contributed by atoms with van der Waals surface area (Å²) >= 11 is 0. The highest BCUT2D eigenvalue weighted by atomic mass is 15.0. The van der Waals surface area contributed by atoms with Crippen molar-refractivity contribution in [3.05, 3.63) is 24.0 Å². The van der Waals surface area contributed by atoms with Crippen LogP contribution >= 0.6 is 0 Å². The summed E-state index contributed by atoms with van der Waals surface area (Å²) in [5.41, 5.74) is 3.31. The Bertz CT molecular complexity index is 554. The van der Waals surface area contributed by atoms with Crippen LogP contribution in [0.3, 0.4) is 0 Å². The monoisotopic (exact) mass is 258 g/mol. The minimum atomic E-state index is 0.483. The Labute approximate surface area is 114 Å². The molecule has 2 atom stereocenters. The molecular formula is C15H22N4. The van der Waals surface area contributed by atoms with E-state index in [-0.39, 0.29) is 0 Å². The lowest BCUT2D eigenvalue weighted by Crippen LogP contribution is -2.29. The van der Waals surface area contributed by atoms with Gasteiger partial charge < -0.3 is 15.6 Å². The summed E-state index contributed by atoms with van der Waals surface area (Å²) < 4.78 is 0. The molecule has 0 amide bonds. The number of imidazole rings is 1. The number of nitrogens with one attached hydrogen (secondary N) is 3. The minimum absolute atomic E-state index is 0.483. The maximum absolute atomic E-state index is 4.42. The minimum Gasteiger partial charge on any atom is -0.382 e. The first kappa shape index (κ1) is 12.5. The van der Waals surface area contributed by atoms with Gasteiger partial charge in [-0.1, -0.05) is 0 Å². The van der Waals surface area contributed by atoms with E-state index in [0.29, 0.717) is 12.1 Å². The van der Waals surface area contributed by atoms with Crippen LogP contribution in [0.15, 0.2) is 18.2 Å². The fourth-order valence-electron chi connectivity index (χ4n) is 2.96. The van der Waals surface area contributed by atoms with Crippen LogP contribution < -0.4 is 10.6 Å². The maximum Gasteiger partial charge on any atom is 0.104 e. The van der Waals surface area contributed by atoms with Gasteiger partial charge in [0.05, 0.1) is 11.0 Å². The highest BCUT2D eigenvalue weighted by Crippen LogP contribution is 2.19. The van der Waals surface area contributed by atoms with E-state index in [1.54, 1.807) is 0 Å². The number of benzene rings is 1. The number of anilines is 1. The zero-order valence-corrected chi connectivity index (χ0v) is 11.7. The van der Waals surface area contributed by atoms with Crippen molar-refractivity contribution in [1.29, 1.82) is 0 Å². The van der Waals surface area contributed by atoms with Crippen LogP contribution in [0, 0.1) is 6.92 Å². The summed E-state index contributed by atoms with van der Waals surface area (Å²) in [5.74, 6) is 0.968. The van der Waals surface area contributed by atoms with Crippen molar-refractivity contribution in [2.75, 3.05) is 11.9 Å². The summed E-state index contributed by atoms with van der Waals surface area (Å²) in [7, 11) is 0. The van der Waals surface area contributed by atoms with Gasteiger partial charge in [0.2, 0.25) is 0 Å². The quantitative estimate of drug-likeness (QED) is 0.790. The first-order valence-corrected chi connectivity index (χ1v) is 7.17. The zero-order valence-electron chi connectivity index (χ0n) is 11.7. The van der Waals surface area contributed by atoms with E-state index in [9.17, 15) is 0 Å². The lowest BCUT2D eigenvalue weighted by Gasteiger charge is -2.19. The molecule has 1 aliphatic rings. The molecule has 0 aliphatic carbocycles. The third-order valence-electron chi connectivity index (χ3n) is 3.81. The van der Waals surface area contributed by atoms with Crippen molar-refractivity contribution in [2.24, 2.45) is 0 Å². The average Bonchev–Trinajstić information content (AvgIpc) is 2.96. The molecule has 2 heterocycles. The number of H-pyrrole nitrogens is 1. The first-order valence-electron chi connectivity index (χ1n) is 7.17. The van der Waals surface area contributed by atoms with E-state index in [1.165, 1.54) is 31.5 Å². The molecule has 3 N–H and O–H groups in total. The fraction of sp³-hybridized carbons (Fsp3) is 0.533. The Balaban J connectivity index is 1.66. The van der Waals surface area contributed by atoms with Crippen molar-refractivity contribution < 1.29 is 0 Å². The number of rotatable bonds is 4. The van der Waals surface area contributed by atoms with Gasteiger partial charge in [0.25, 0.3) is 0 Å². The summed E-state index contributed by atoms with van der Waals surface area (Å²) in [6, 6.07) is 7.49. The lowest BCUT2D eigenvalue weighted by atomic mass is 10.1. The van der Waals surface area contributed by atoms with Gasteiger partial charge in [0.1, 0.15) is 5.82 Å². The molecular weight excluding hydrogens is 236 g/mol. The number of aromatic amines is 1. The maximum atomic E-state index is 4.42. The third-order valence-corrected chi connectivity index (χ3v) is 3.81. The Morgan fingerprint density at radius 1 is 1.47 bits per heavy atom. The second-order valence-corrected chi connectivity index (χ2v) is 5.63. The van der Waals surface area contributed by atoms with Gasteiger partial charge in [-0.3, -0.25) is 0 Å². The fourth-order valence-corrected chi connectivity index (χ4v) is 2.96.